The maximum Gasteiger partial charge on any atom is 0.211 e. The lowest BCUT2D eigenvalue weighted by Gasteiger charge is -2.21. The van der Waals surface area contributed by atoms with E-state index in [1.165, 1.54) is 25.7 Å². The van der Waals surface area contributed by atoms with Crippen LogP contribution in [-0.2, 0) is 0 Å². The third-order valence-electron chi connectivity index (χ3n) is 3.86. The quantitative estimate of drug-likeness (QED) is 0.784. The molecule has 1 aliphatic heterocycles. The summed E-state index contributed by atoms with van der Waals surface area (Å²) in [6.07, 6.45) is 4.99. The van der Waals surface area contributed by atoms with Gasteiger partial charge in [-0.15, -0.1) is 11.3 Å². The predicted molar refractivity (Wildman–Crippen MR) is 83.5 cm³/mol. The van der Waals surface area contributed by atoms with Crippen LogP contribution in [0, 0.1) is 6.92 Å². The van der Waals surface area contributed by atoms with Crippen molar-refractivity contribution in [3.63, 3.8) is 0 Å². The maximum absolute atomic E-state index is 12.7. The lowest BCUT2D eigenvalue weighted by molar-refractivity contribution is 0.726. The number of fused-ring (bicyclic) bond motifs is 1. The summed E-state index contributed by atoms with van der Waals surface area (Å²) in [7, 11) is 0. The van der Waals surface area contributed by atoms with Crippen molar-refractivity contribution in [2.24, 2.45) is 0 Å². The van der Waals surface area contributed by atoms with Gasteiger partial charge in [0, 0.05) is 28.6 Å². The highest BCUT2D eigenvalue weighted by molar-refractivity contribution is 7.16. The fourth-order valence-electron chi connectivity index (χ4n) is 2.76. The highest BCUT2D eigenvalue weighted by Crippen LogP contribution is 2.24. The summed E-state index contributed by atoms with van der Waals surface area (Å²) in [5.74, 6) is 0. The molecule has 3 heteroatoms. The summed E-state index contributed by atoms with van der Waals surface area (Å²) in [5, 5.41) is 2.93. The van der Waals surface area contributed by atoms with Crippen LogP contribution in [0.5, 0.6) is 0 Å². The van der Waals surface area contributed by atoms with E-state index in [9.17, 15) is 4.79 Å². The lowest BCUT2D eigenvalue weighted by Crippen LogP contribution is -2.28. The van der Waals surface area contributed by atoms with E-state index in [0.29, 0.717) is 0 Å². The first-order chi connectivity index (χ1) is 9.25. The number of hydrogen-bond acceptors (Lipinski definition) is 3. The van der Waals surface area contributed by atoms with Crippen LogP contribution >= 0.6 is 11.3 Å². The average Bonchev–Trinajstić information content (AvgIpc) is 2.69. The van der Waals surface area contributed by atoms with E-state index in [1.54, 1.807) is 11.3 Å². The Morgan fingerprint density at radius 1 is 1.11 bits per heavy atom. The Balaban J connectivity index is 2.08. The molecule has 19 heavy (non-hydrogen) atoms. The summed E-state index contributed by atoms with van der Waals surface area (Å²) < 4.78 is 1.09. The molecule has 2 nitrogen and oxygen atoms in total. The molecule has 2 aromatic rings. The van der Waals surface area contributed by atoms with E-state index in [2.05, 4.69) is 17.0 Å². The normalized spacial score (nSPS) is 16.6. The molecule has 0 bridgehead atoms. The van der Waals surface area contributed by atoms with E-state index < -0.39 is 0 Å². The van der Waals surface area contributed by atoms with Crippen molar-refractivity contribution in [1.82, 2.24) is 0 Å². The fraction of sp³-hybridized carbons (Fsp3) is 0.438. The molecule has 1 aromatic carbocycles. The Hall–Kier alpha value is -1.35. The molecule has 0 aliphatic carbocycles. The number of benzene rings is 1. The predicted octanol–water partition coefficient (Wildman–Crippen LogP) is 3.95. The molecule has 100 valence electrons. The molecule has 3 rings (SSSR count). The molecule has 1 aromatic heterocycles. The van der Waals surface area contributed by atoms with Gasteiger partial charge in [-0.05, 0) is 31.9 Å². The minimum atomic E-state index is 0.208. The number of nitrogens with zero attached hydrogens (tertiary/aromatic N) is 1. The third kappa shape index (κ3) is 2.52. The van der Waals surface area contributed by atoms with Crippen LogP contribution in [0.4, 0.5) is 5.69 Å². The van der Waals surface area contributed by atoms with Crippen LogP contribution in [0.2, 0.25) is 0 Å². The van der Waals surface area contributed by atoms with Gasteiger partial charge in [-0.3, -0.25) is 4.79 Å². The molecule has 1 aliphatic rings. The Morgan fingerprint density at radius 3 is 2.58 bits per heavy atom. The third-order valence-corrected chi connectivity index (χ3v) is 4.81. The van der Waals surface area contributed by atoms with Gasteiger partial charge < -0.3 is 4.90 Å². The monoisotopic (exact) mass is 273 g/mol. The molecule has 0 atom stereocenters. The zero-order valence-corrected chi connectivity index (χ0v) is 12.1. The number of aryl methyl sites for hydroxylation is 1. The van der Waals surface area contributed by atoms with Gasteiger partial charge in [0.25, 0.3) is 0 Å². The molecule has 0 spiro atoms. The molecule has 0 saturated carbocycles. The van der Waals surface area contributed by atoms with E-state index in [-0.39, 0.29) is 5.43 Å². The zero-order chi connectivity index (χ0) is 13.2. The SMILES string of the molecule is Cc1ccc2scc(N3CCCCCC3)c(=O)c2c1. The van der Waals surface area contributed by atoms with Crippen LogP contribution in [0.25, 0.3) is 10.1 Å². The average molecular weight is 273 g/mol. The molecular formula is C16H19NOS. The topological polar surface area (TPSA) is 20.3 Å². The zero-order valence-electron chi connectivity index (χ0n) is 11.3. The summed E-state index contributed by atoms with van der Waals surface area (Å²) in [6.45, 7) is 4.10. The van der Waals surface area contributed by atoms with Crippen LogP contribution in [-0.4, -0.2) is 13.1 Å². The Kier molecular flexibility index (Phi) is 3.56. The largest absolute Gasteiger partial charge is 0.368 e. The molecular weight excluding hydrogens is 254 g/mol. The second-order valence-electron chi connectivity index (χ2n) is 5.35. The van der Waals surface area contributed by atoms with Gasteiger partial charge in [0.1, 0.15) is 0 Å². The molecule has 1 saturated heterocycles. The maximum atomic E-state index is 12.7. The first kappa shape index (κ1) is 12.7. The van der Waals surface area contributed by atoms with E-state index in [1.807, 2.05) is 18.4 Å². The van der Waals surface area contributed by atoms with Crippen LogP contribution in [0.15, 0.2) is 28.4 Å². The van der Waals surface area contributed by atoms with Crippen LogP contribution in [0.3, 0.4) is 0 Å². The van der Waals surface area contributed by atoms with E-state index >= 15 is 0 Å². The summed E-state index contributed by atoms with van der Waals surface area (Å²) in [6, 6.07) is 6.16. The van der Waals surface area contributed by atoms with Crippen molar-refractivity contribution in [2.45, 2.75) is 32.6 Å². The van der Waals surface area contributed by atoms with Gasteiger partial charge in [0.15, 0.2) is 0 Å². The van der Waals surface area contributed by atoms with Crippen molar-refractivity contribution >= 4 is 27.1 Å². The van der Waals surface area contributed by atoms with Gasteiger partial charge in [0.2, 0.25) is 5.43 Å². The van der Waals surface area contributed by atoms with E-state index in [0.717, 1.165) is 34.4 Å². The van der Waals surface area contributed by atoms with Crippen molar-refractivity contribution in [1.29, 1.82) is 0 Å². The van der Waals surface area contributed by atoms with Crippen molar-refractivity contribution in [3.05, 3.63) is 39.4 Å². The van der Waals surface area contributed by atoms with Crippen LogP contribution < -0.4 is 10.3 Å². The fourth-order valence-corrected chi connectivity index (χ4v) is 3.68. The van der Waals surface area contributed by atoms with Gasteiger partial charge in [-0.2, -0.15) is 0 Å². The van der Waals surface area contributed by atoms with Crippen molar-refractivity contribution in [3.8, 4) is 0 Å². The Morgan fingerprint density at radius 2 is 1.84 bits per heavy atom. The number of hydrogen-bond donors (Lipinski definition) is 0. The molecule has 0 amide bonds. The second-order valence-corrected chi connectivity index (χ2v) is 6.26. The van der Waals surface area contributed by atoms with Gasteiger partial charge >= 0.3 is 0 Å². The Bertz CT molecular complexity index is 639. The lowest BCUT2D eigenvalue weighted by atomic mass is 10.1. The molecule has 2 heterocycles. The summed E-state index contributed by atoms with van der Waals surface area (Å²) >= 11 is 1.69. The molecule has 0 N–H and O–H groups in total. The van der Waals surface area contributed by atoms with Gasteiger partial charge in [-0.25, -0.2) is 0 Å². The first-order valence-corrected chi connectivity index (χ1v) is 7.91. The van der Waals surface area contributed by atoms with Crippen molar-refractivity contribution in [2.75, 3.05) is 18.0 Å². The van der Waals surface area contributed by atoms with E-state index in [4.69, 9.17) is 0 Å². The standard InChI is InChI=1S/C16H19NOS/c1-12-6-7-15-13(10-12)16(18)14(11-19-15)17-8-4-2-3-5-9-17/h6-7,10-11H,2-5,8-9H2,1H3. The summed E-state index contributed by atoms with van der Waals surface area (Å²) in [4.78, 5) is 14.9. The highest BCUT2D eigenvalue weighted by atomic mass is 32.1. The Labute approximate surface area is 117 Å². The van der Waals surface area contributed by atoms with Crippen LogP contribution in [0.1, 0.15) is 31.2 Å². The summed E-state index contributed by atoms with van der Waals surface area (Å²) in [5.41, 5.74) is 2.27. The molecule has 0 radical (unpaired) electrons. The highest BCUT2D eigenvalue weighted by Gasteiger charge is 2.14. The number of rotatable bonds is 1. The van der Waals surface area contributed by atoms with Gasteiger partial charge in [0.05, 0.1) is 5.69 Å². The number of anilines is 1. The van der Waals surface area contributed by atoms with Crippen molar-refractivity contribution < 1.29 is 0 Å². The second kappa shape index (κ2) is 5.33. The molecule has 1 fully saturated rings. The van der Waals surface area contributed by atoms with Gasteiger partial charge in [-0.1, -0.05) is 24.5 Å². The smallest absolute Gasteiger partial charge is 0.211 e. The minimum absolute atomic E-state index is 0.208. The first-order valence-electron chi connectivity index (χ1n) is 7.03. The minimum Gasteiger partial charge on any atom is -0.368 e. The molecule has 0 unspecified atom stereocenters.